The second-order valence-electron chi connectivity index (χ2n) is 5.11. The largest absolute Gasteiger partial charge is 0.465 e. The van der Waals surface area contributed by atoms with Crippen LogP contribution >= 0.6 is 0 Å². The van der Waals surface area contributed by atoms with Crippen molar-refractivity contribution in [1.29, 1.82) is 0 Å². The van der Waals surface area contributed by atoms with Crippen LogP contribution in [0.5, 0.6) is 5.75 Å². The quantitative estimate of drug-likeness (QED) is 0.641. The fourth-order valence-corrected chi connectivity index (χ4v) is 2.09. The Hall–Kier alpha value is -2.62. The van der Waals surface area contributed by atoms with Crippen molar-refractivity contribution in [3.63, 3.8) is 0 Å². The molecule has 0 amide bonds. The van der Waals surface area contributed by atoms with Gasteiger partial charge in [-0.05, 0) is 61.7 Å². The highest BCUT2D eigenvalue weighted by Crippen LogP contribution is 2.26. The van der Waals surface area contributed by atoms with Crippen LogP contribution in [0.15, 0.2) is 36.4 Å². The van der Waals surface area contributed by atoms with E-state index in [4.69, 9.17) is 4.74 Å². The molecule has 4 heteroatoms. The van der Waals surface area contributed by atoms with Crippen molar-refractivity contribution in [2.45, 2.75) is 20.8 Å². The first-order valence-corrected chi connectivity index (χ1v) is 6.91. The van der Waals surface area contributed by atoms with Crippen LogP contribution in [-0.4, -0.2) is 19.0 Å². The van der Waals surface area contributed by atoms with Crippen molar-refractivity contribution >= 4 is 11.9 Å². The number of carbonyl (C=O) groups excluding carboxylic acids is 2. The summed E-state index contributed by atoms with van der Waals surface area (Å²) in [6.45, 7) is 5.79. The van der Waals surface area contributed by atoms with Crippen molar-refractivity contribution in [3.05, 3.63) is 64.2 Å². The Morgan fingerprint density at radius 2 is 1.27 bits per heavy atom. The zero-order chi connectivity index (χ0) is 16.3. The molecule has 0 saturated carbocycles. The minimum atomic E-state index is -0.451. The second-order valence-corrected chi connectivity index (χ2v) is 5.11. The first-order valence-electron chi connectivity index (χ1n) is 6.91. The average Bonchev–Trinajstić information content (AvgIpc) is 2.54. The number of rotatable bonds is 3. The number of ether oxygens (including phenoxy) is 2. The van der Waals surface area contributed by atoms with E-state index < -0.39 is 11.9 Å². The molecule has 0 aliphatic rings. The standard InChI is InChI=1S/C18H18O4/c1-11-5-6-12(2)16(13(11)3)22-18(20)15-9-7-14(8-10-15)17(19)21-4/h5-10H,1-4H3. The van der Waals surface area contributed by atoms with Crippen LogP contribution in [0.3, 0.4) is 0 Å². The lowest BCUT2D eigenvalue weighted by atomic mass is 10.1. The second kappa shape index (κ2) is 6.43. The SMILES string of the molecule is COC(=O)c1ccc(C(=O)Oc2c(C)ccc(C)c2C)cc1. The molecule has 22 heavy (non-hydrogen) atoms. The van der Waals surface area contributed by atoms with Crippen LogP contribution in [0, 0.1) is 20.8 Å². The van der Waals surface area contributed by atoms with Gasteiger partial charge in [-0.1, -0.05) is 12.1 Å². The summed E-state index contributed by atoms with van der Waals surface area (Å²) in [6, 6.07) is 10.1. The molecule has 0 bridgehead atoms. The van der Waals surface area contributed by atoms with Crippen molar-refractivity contribution in [3.8, 4) is 5.75 Å². The van der Waals surface area contributed by atoms with E-state index in [1.807, 2.05) is 32.9 Å². The van der Waals surface area contributed by atoms with Gasteiger partial charge in [0.25, 0.3) is 0 Å². The van der Waals surface area contributed by atoms with E-state index in [0.717, 1.165) is 16.7 Å². The summed E-state index contributed by atoms with van der Waals surface area (Å²) in [5, 5.41) is 0. The molecule has 2 aromatic carbocycles. The zero-order valence-electron chi connectivity index (χ0n) is 13.1. The highest BCUT2D eigenvalue weighted by atomic mass is 16.5. The number of hydrogen-bond acceptors (Lipinski definition) is 4. The fraction of sp³-hybridized carbons (Fsp3) is 0.222. The Morgan fingerprint density at radius 3 is 1.82 bits per heavy atom. The number of benzene rings is 2. The third kappa shape index (κ3) is 3.17. The Morgan fingerprint density at radius 1 is 0.773 bits per heavy atom. The van der Waals surface area contributed by atoms with E-state index in [0.29, 0.717) is 16.9 Å². The summed E-state index contributed by atoms with van der Waals surface area (Å²) in [5.41, 5.74) is 3.69. The van der Waals surface area contributed by atoms with Crippen LogP contribution < -0.4 is 4.74 Å². The minimum Gasteiger partial charge on any atom is -0.465 e. The summed E-state index contributed by atoms with van der Waals surface area (Å²) < 4.78 is 10.1. The van der Waals surface area contributed by atoms with Crippen LogP contribution in [0.25, 0.3) is 0 Å². The van der Waals surface area contributed by atoms with E-state index in [1.165, 1.54) is 7.11 Å². The molecule has 0 aliphatic heterocycles. The predicted octanol–water partition coefficient (Wildman–Crippen LogP) is 3.62. The lowest BCUT2D eigenvalue weighted by Gasteiger charge is -2.12. The van der Waals surface area contributed by atoms with Gasteiger partial charge in [0, 0.05) is 0 Å². The zero-order valence-corrected chi connectivity index (χ0v) is 13.1. The molecule has 0 heterocycles. The molecule has 0 N–H and O–H groups in total. The van der Waals surface area contributed by atoms with Gasteiger partial charge >= 0.3 is 11.9 Å². The van der Waals surface area contributed by atoms with E-state index in [9.17, 15) is 9.59 Å². The van der Waals surface area contributed by atoms with Crippen LogP contribution in [0.2, 0.25) is 0 Å². The summed E-state index contributed by atoms with van der Waals surface area (Å²) in [4.78, 5) is 23.6. The molecule has 4 nitrogen and oxygen atoms in total. The Bertz CT molecular complexity index is 715. The molecule has 2 rings (SSSR count). The predicted molar refractivity (Wildman–Crippen MR) is 83.4 cm³/mol. The average molecular weight is 298 g/mol. The van der Waals surface area contributed by atoms with Gasteiger partial charge in [-0.2, -0.15) is 0 Å². The smallest absolute Gasteiger partial charge is 0.343 e. The van der Waals surface area contributed by atoms with Crippen molar-refractivity contribution in [2.75, 3.05) is 7.11 Å². The molecule has 0 unspecified atom stereocenters. The molecule has 0 radical (unpaired) electrons. The highest BCUT2D eigenvalue weighted by Gasteiger charge is 2.14. The number of hydrogen-bond donors (Lipinski definition) is 0. The number of esters is 2. The van der Waals surface area contributed by atoms with E-state index in [1.54, 1.807) is 24.3 Å². The summed E-state index contributed by atoms with van der Waals surface area (Å²) in [7, 11) is 1.31. The van der Waals surface area contributed by atoms with Crippen LogP contribution in [-0.2, 0) is 4.74 Å². The van der Waals surface area contributed by atoms with Crippen LogP contribution in [0.1, 0.15) is 37.4 Å². The molecule has 0 aromatic heterocycles. The topological polar surface area (TPSA) is 52.6 Å². The first-order chi connectivity index (χ1) is 10.4. The van der Waals surface area contributed by atoms with E-state index in [2.05, 4.69) is 4.74 Å². The molecule has 0 saturated heterocycles. The van der Waals surface area contributed by atoms with Gasteiger partial charge in [0.2, 0.25) is 0 Å². The highest BCUT2D eigenvalue weighted by molar-refractivity contribution is 5.94. The monoisotopic (exact) mass is 298 g/mol. The first kappa shape index (κ1) is 15.8. The fourth-order valence-electron chi connectivity index (χ4n) is 2.09. The Balaban J connectivity index is 2.23. The maximum atomic E-state index is 12.2. The van der Waals surface area contributed by atoms with Gasteiger partial charge in [-0.25, -0.2) is 9.59 Å². The molecule has 114 valence electrons. The molecule has 0 fully saturated rings. The maximum Gasteiger partial charge on any atom is 0.343 e. The van der Waals surface area contributed by atoms with Gasteiger partial charge in [0.1, 0.15) is 5.75 Å². The molecule has 0 aliphatic carbocycles. The molecular formula is C18H18O4. The van der Waals surface area contributed by atoms with Gasteiger partial charge in [-0.3, -0.25) is 0 Å². The third-order valence-electron chi connectivity index (χ3n) is 3.61. The minimum absolute atomic E-state index is 0.382. The molecular weight excluding hydrogens is 280 g/mol. The van der Waals surface area contributed by atoms with Gasteiger partial charge < -0.3 is 9.47 Å². The lowest BCUT2D eigenvalue weighted by Crippen LogP contribution is -2.11. The number of aryl methyl sites for hydroxylation is 2. The molecule has 0 atom stereocenters. The van der Waals surface area contributed by atoms with Gasteiger partial charge in [0.05, 0.1) is 18.2 Å². The molecule has 0 spiro atoms. The lowest BCUT2D eigenvalue weighted by molar-refractivity contribution is 0.0599. The van der Waals surface area contributed by atoms with Crippen molar-refractivity contribution in [1.82, 2.24) is 0 Å². The van der Waals surface area contributed by atoms with E-state index >= 15 is 0 Å². The summed E-state index contributed by atoms with van der Waals surface area (Å²) in [5.74, 6) is -0.305. The maximum absolute atomic E-state index is 12.2. The summed E-state index contributed by atoms with van der Waals surface area (Å²) in [6.07, 6.45) is 0. The van der Waals surface area contributed by atoms with Crippen molar-refractivity contribution in [2.24, 2.45) is 0 Å². The Labute approximate surface area is 129 Å². The van der Waals surface area contributed by atoms with Crippen molar-refractivity contribution < 1.29 is 19.1 Å². The molecule has 2 aromatic rings. The third-order valence-corrected chi connectivity index (χ3v) is 3.61. The van der Waals surface area contributed by atoms with Crippen LogP contribution in [0.4, 0.5) is 0 Å². The van der Waals surface area contributed by atoms with E-state index in [-0.39, 0.29) is 0 Å². The van der Waals surface area contributed by atoms with Gasteiger partial charge in [0.15, 0.2) is 0 Å². The van der Waals surface area contributed by atoms with Gasteiger partial charge in [-0.15, -0.1) is 0 Å². The Kier molecular flexibility index (Phi) is 4.61. The normalized spacial score (nSPS) is 10.2. The summed E-state index contributed by atoms with van der Waals surface area (Å²) >= 11 is 0. The number of carbonyl (C=O) groups is 2. The number of methoxy groups -OCH3 is 1.